The number of halogens is 1. The monoisotopic (exact) mass is 442 g/mol. The van der Waals surface area contributed by atoms with Crippen molar-refractivity contribution < 1.29 is 9.53 Å². The van der Waals surface area contributed by atoms with Crippen LogP contribution in [0.1, 0.15) is 48.0 Å². The lowest BCUT2D eigenvalue weighted by Gasteiger charge is -2.50. The fourth-order valence-electron chi connectivity index (χ4n) is 4.96. The van der Waals surface area contributed by atoms with E-state index in [2.05, 4.69) is 37.5 Å². The van der Waals surface area contributed by atoms with Gasteiger partial charge in [-0.2, -0.15) is 0 Å². The third-order valence-corrected chi connectivity index (χ3v) is 6.49. The van der Waals surface area contributed by atoms with Crippen LogP contribution < -0.4 is 20.3 Å². The summed E-state index contributed by atoms with van der Waals surface area (Å²) in [6.07, 6.45) is 8.64. The van der Waals surface area contributed by atoms with Gasteiger partial charge in [0.05, 0.1) is 29.4 Å². The Morgan fingerprint density at radius 1 is 1.23 bits per heavy atom. The quantitative estimate of drug-likeness (QED) is 0.560. The number of H-pyrrole nitrogens is 1. The van der Waals surface area contributed by atoms with Gasteiger partial charge in [-0.3, -0.25) is 4.79 Å². The second-order valence-electron chi connectivity index (χ2n) is 8.19. The summed E-state index contributed by atoms with van der Waals surface area (Å²) in [6.45, 7) is 1.96. The fraction of sp³-hybridized carbons (Fsp3) is 0.409. The van der Waals surface area contributed by atoms with E-state index in [1.807, 2.05) is 25.3 Å². The van der Waals surface area contributed by atoms with E-state index in [0.717, 1.165) is 53.7 Å². The Labute approximate surface area is 187 Å². The van der Waals surface area contributed by atoms with Crippen molar-refractivity contribution in [1.29, 1.82) is 0 Å². The highest BCUT2D eigenvalue weighted by Crippen LogP contribution is 2.48. The molecule has 5 rings (SSSR count). The molecule has 164 valence electrons. The zero-order valence-corrected chi connectivity index (χ0v) is 18.7. The predicted octanol–water partition coefficient (Wildman–Crippen LogP) is 4.28. The second-order valence-corrected chi connectivity index (χ2v) is 8.19. The number of carbonyl (C=O) groups is 1. The van der Waals surface area contributed by atoms with Gasteiger partial charge in [-0.15, -0.1) is 12.4 Å². The van der Waals surface area contributed by atoms with Crippen LogP contribution in [0.5, 0.6) is 5.75 Å². The van der Waals surface area contributed by atoms with Crippen LogP contribution in [-0.4, -0.2) is 40.7 Å². The molecule has 0 unspecified atom stereocenters. The number of nitrogens with zero attached hydrogens (tertiary/aromatic N) is 3. The van der Waals surface area contributed by atoms with Crippen LogP contribution in [0.15, 0.2) is 24.7 Å². The minimum atomic E-state index is -0.358. The zero-order valence-electron chi connectivity index (χ0n) is 17.9. The average molecular weight is 443 g/mol. The summed E-state index contributed by atoms with van der Waals surface area (Å²) in [5.74, 6) is 1.32. The van der Waals surface area contributed by atoms with Crippen LogP contribution in [-0.2, 0) is 0 Å². The van der Waals surface area contributed by atoms with Crippen molar-refractivity contribution >= 4 is 46.5 Å². The summed E-state index contributed by atoms with van der Waals surface area (Å²) in [4.78, 5) is 27.2. The van der Waals surface area contributed by atoms with Gasteiger partial charge in [0.2, 0.25) is 0 Å². The number of fused-ring (bicyclic) bond motifs is 2. The number of aryl methyl sites for hydroxylation is 1. The Bertz CT molecular complexity index is 1140. The minimum Gasteiger partial charge on any atom is -0.492 e. The van der Waals surface area contributed by atoms with E-state index in [4.69, 9.17) is 4.74 Å². The summed E-state index contributed by atoms with van der Waals surface area (Å²) >= 11 is 0. The summed E-state index contributed by atoms with van der Waals surface area (Å²) < 4.78 is 5.88. The van der Waals surface area contributed by atoms with Gasteiger partial charge in [0.25, 0.3) is 5.91 Å². The van der Waals surface area contributed by atoms with Crippen molar-refractivity contribution in [3.63, 3.8) is 0 Å². The van der Waals surface area contributed by atoms with E-state index in [1.165, 1.54) is 12.7 Å². The van der Waals surface area contributed by atoms with E-state index in [9.17, 15) is 4.79 Å². The molecule has 3 heterocycles. The van der Waals surface area contributed by atoms with Crippen molar-refractivity contribution in [3.8, 4) is 5.75 Å². The Morgan fingerprint density at radius 2 is 2.00 bits per heavy atom. The van der Waals surface area contributed by atoms with Gasteiger partial charge < -0.3 is 25.3 Å². The molecular formula is C22H27ClN6O2. The van der Waals surface area contributed by atoms with Gasteiger partial charge in [0, 0.05) is 13.2 Å². The van der Waals surface area contributed by atoms with Crippen LogP contribution in [0.25, 0.3) is 11.0 Å². The van der Waals surface area contributed by atoms with Crippen molar-refractivity contribution in [2.45, 2.75) is 44.7 Å². The molecule has 1 amide bonds. The molecule has 1 saturated carbocycles. The lowest BCUT2D eigenvalue weighted by molar-refractivity contribution is 0.0847. The van der Waals surface area contributed by atoms with E-state index >= 15 is 0 Å². The molecule has 8 nitrogen and oxygen atoms in total. The summed E-state index contributed by atoms with van der Waals surface area (Å²) in [6, 6.07) is 3.89. The number of ether oxygens (including phenoxy) is 1. The number of hydrogen-bond donors (Lipinski definition) is 3. The smallest absolute Gasteiger partial charge is 0.255 e. The Hall–Kier alpha value is -3.00. The number of anilines is 3. The number of aromatic amines is 1. The Kier molecular flexibility index (Phi) is 5.43. The van der Waals surface area contributed by atoms with E-state index in [1.54, 1.807) is 7.11 Å². The lowest BCUT2D eigenvalue weighted by atomic mass is 9.84. The fourth-order valence-corrected chi connectivity index (χ4v) is 4.96. The number of amides is 1. The molecule has 0 atom stereocenters. The van der Waals surface area contributed by atoms with Gasteiger partial charge in [0.15, 0.2) is 5.75 Å². The molecule has 9 heteroatoms. The number of hydrogen-bond acceptors (Lipinski definition) is 6. The third-order valence-electron chi connectivity index (χ3n) is 6.49. The predicted molar refractivity (Wildman–Crippen MR) is 124 cm³/mol. The summed E-state index contributed by atoms with van der Waals surface area (Å²) in [7, 11) is 3.71. The molecule has 3 aromatic rings. The summed E-state index contributed by atoms with van der Waals surface area (Å²) in [5.41, 5.74) is 3.59. The normalized spacial score (nSPS) is 17.1. The molecule has 0 saturated heterocycles. The van der Waals surface area contributed by atoms with E-state index in [0.29, 0.717) is 17.1 Å². The van der Waals surface area contributed by atoms with Gasteiger partial charge in [-0.25, -0.2) is 9.97 Å². The van der Waals surface area contributed by atoms with Crippen molar-refractivity contribution in [3.05, 3.63) is 35.8 Å². The molecule has 31 heavy (non-hydrogen) atoms. The molecule has 1 aromatic carbocycles. The highest BCUT2D eigenvalue weighted by molar-refractivity contribution is 6.07. The molecule has 1 fully saturated rings. The molecule has 2 aliphatic rings. The van der Waals surface area contributed by atoms with Crippen molar-refractivity contribution in [1.82, 2.24) is 20.3 Å². The minimum absolute atomic E-state index is 0. The van der Waals surface area contributed by atoms with Gasteiger partial charge in [-0.1, -0.05) is 6.42 Å². The number of rotatable bonds is 3. The molecule has 1 spiro atoms. The topological polar surface area (TPSA) is 95.2 Å². The molecule has 2 aromatic heterocycles. The lowest BCUT2D eigenvalue weighted by Crippen LogP contribution is -2.63. The number of methoxy groups -OCH3 is 1. The first-order valence-electron chi connectivity index (χ1n) is 10.4. The van der Waals surface area contributed by atoms with Gasteiger partial charge in [0.1, 0.15) is 23.5 Å². The molecule has 0 radical (unpaired) electrons. The first-order chi connectivity index (χ1) is 14.5. The third kappa shape index (κ3) is 3.26. The van der Waals surface area contributed by atoms with Gasteiger partial charge in [-0.05, 0) is 50.3 Å². The molecule has 0 bridgehead atoms. The summed E-state index contributed by atoms with van der Waals surface area (Å²) in [5, 5.41) is 7.62. The highest BCUT2D eigenvalue weighted by atomic mass is 35.5. The highest BCUT2D eigenvalue weighted by Gasteiger charge is 2.45. The first-order valence-corrected chi connectivity index (χ1v) is 10.4. The molecule has 1 aliphatic carbocycles. The number of benzene rings is 1. The maximum absolute atomic E-state index is 13.2. The zero-order chi connectivity index (χ0) is 20.9. The number of nitrogens with one attached hydrogen (secondary N) is 3. The number of aromatic nitrogens is 3. The van der Waals surface area contributed by atoms with Crippen molar-refractivity contribution in [2.75, 3.05) is 24.4 Å². The van der Waals surface area contributed by atoms with Crippen LogP contribution in [0.3, 0.4) is 0 Å². The maximum Gasteiger partial charge on any atom is 0.255 e. The average Bonchev–Trinajstić information content (AvgIpc) is 3.22. The Morgan fingerprint density at radius 3 is 2.74 bits per heavy atom. The van der Waals surface area contributed by atoms with Gasteiger partial charge >= 0.3 is 0 Å². The van der Waals surface area contributed by atoms with E-state index in [-0.39, 0.29) is 24.0 Å². The second kappa shape index (κ2) is 7.92. The standard InChI is InChI=1S/C22H26N6O2.ClH/c1-13-11-15(26-20-14-7-10-23-19(14)24-12-25-20)18(30-3)17-16(13)21(29)27-22(28(17)2)8-5-4-6-9-22;/h7,10-12H,4-6,8-9H2,1-3H3,(H,27,29)(H2,23,24,25,26);1H. The largest absolute Gasteiger partial charge is 0.492 e. The SMILES string of the molecule is COc1c(Nc2ncnc3[nH]ccc23)cc(C)c2c1N(C)C1(CCCCC1)NC2=O.Cl. The van der Waals surface area contributed by atoms with Crippen LogP contribution in [0, 0.1) is 6.92 Å². The van der Waals surface area contributed by atoms with Crippen LogP contribution in [0.2, 0.25) is 0 Å². The van der Waals surface area contributed by atoms with Crippen LogP contribution >= 0.6 is 12.4 Å². The Balaban J connectivity index is 0.00000231. The maximum atomic E-state index is 13.2. The molecule has 3 N–H and O–H groups in total. The van der Waals surface area contributed by atoms with E-state index < -0.39 is 0 Å². The van der Waals surface area contributed by atoms with Crippen molar-refractivity contribution in [2.24, 2.45) is 0 Å². The van der Waals surface area contributed by atoms with Crippen LogP contribution in [0.4, 0.5) is 17.2 Å². The first kappa shape index (κ1) is 21.2. The molecule has 1 aliphatic heterocycles. The number of carbonyl (C=O) groups excluding carboxylic acids is 1. The molecular weight excluding hydrogens is 416 g/mol.